The Bertz CT molecular complexity index is 813. The van der Waals surface area contributed by atoms with E-state index in [0.29, 0.717) is 25.9 Å². The van der Waals surface area contributed by atoms with Crippen LogP contribution in [0.4, 0.5) is 10.5 Å². The van der Waals surface area contributed by atoms with Crippen LogP contribution in [0.3, 0.4) is 0 Å². The van der Waals surface area contributed by atoms with E-state index in [4.69, 9.17) is 0 Å². The highest BCUT2D eigenvalue weighted by atomic mass is 16.2. The summed E-state index contributed by atoms with van der Waals surface area (Å²) in [6.45, 7) is 1.08. The molecule has 8 heteroatoms. The molecule has 2 aromatic rings. The Morgan fingerprint density at radius 1 is 1.12 bits per heavy atom. The highest BCUT2D eigenvalue weighted by molar-refractivity contribution is 5.89. The van der Waals surface area contributed by atoms with Crippen molar-refractivity contribution in [3.8, 4) is 0 Å². The molecule has 8 nitrogen and oxygen atoms in total. The van der Waals surface area contributed by atoms with E-state index in [-0.39, 0.29) is 24.5 Å². The topological polar surface area (TPSA) is 96.3 Å². The lowest BCUT2D eigenvalue weighted by atomic mass is 10.1. The third kappa shape index (κ3) is 4.69. The second-order valence-corrected chi connectivity index (χ2v) is 6.16. The third-order valence-electron chi connectivity index (χ3n) is 4.27. The van der Waals surface area contributed by atoms with E-state index in [0.717, 1.165) is 5.69 Å². The van der Waals surface area contributed by atoms with Gasteiger partial charge in [0, 0.05) is 37.2 Å². The van der Waals surface area contributed by atoms with Crippen molar-refractivity contribution >= 4 is 17.6 Å². The Labute approximate surface area is 150 Å². The summed E-state index contributed by atoms with van der Waals surface area (Å²) >= 11 is 0. The quantitative estimate of drug-likeness (QED) is 0.857. The van der Waals surface area contributed by atoms with Gasteiger partial charge in [0.15, 0.2) is 0 Å². The minimum Gasteiger partial charge on any atom is -0.352 e. The molecule has 26 heavy (non-hydrogen) atoms. The van der Waals surface area contributed by atoms with Crippen LogP contribution in [0.15, 0.2) is 53.6 Å². The van der Waals surface area contributed by atoms with Crippen molar-refractivity contribution in [3.63, 3.8) is 0 Å². The van der Waals surface area contributed by atoms with Gasteiger partial charge in [0.25, 0.3) is 0 Å². The molecule has 3 amide bonds. The number of amides is 3. The molecule has 1 aliphatic heterocycles. The van der Waals surface area contributed by atoms with Crippen LogP contribution in [0, 0.1) is 0 Å². The third-order valence-corrected chi connectivity index (χ3v) is 4.27. The van der Waals surface area contributed by atoms with Crippen LogP contribution in [0.2, 0.25) is 0 Å². The first-order valence-corrected chi connectivity index (χ1v) is 8.53. The Morgan fingerprint density at radius 3 is 2.54 bits per heavy atom. The summed E-state index contributed by atoms with van der Waals surface area (Å²) in [6, 6.07) is 10.8. The van der Waals surface area contributed by atoms with Crippen molar-refractivity contribution in [1.29, 1.82) is 0 Å². The number of urea groups is 1. The molecule has 136 valence electrons. The summed E-state index contributed by atoms with van der Waals surface area (Å²) in [6.07, 6.45) is 4.28. The predicted octanol–water partition coefficient (Wildman–Crippen LogP) is 1.06. The van der Waals surface area contributed by atoms with Gasteiger partial charge in [0.1, 0.15) is 6.54 Å². The average Bonchev–Trinajstić information content (AvgIpc) is 2.65. The van der Waals surface area contributed by atoms with Crippen LogP contribution in [0.1, 0.15) is 12.8 Å². The molecule has 2 heterocycles. The van der Waals surface area contributed by atoms with E-state index in [1.165, 1.54) is 17.0 Å². The van der Waals surface area contributed by atoms with Crippen LogP contribution in [0.25, 0.3) is 0 Å². The zero-order valence-corrected chi connectivity index (χ0v) is 14.3. The maximum atomic E-state index is 12.3. The number of carbonyl (C=O) groups excluding carboxylic acids is 2. The van der Waals surface area contributed by atoms with Crippen LogP contribution >= 0.6 is 0 Å². The van der Waals surface area contributed by atoms with Crippen molar-refractivity contribution < 1.29 is 9.59 Å². The molecule has 2 N–H and O–H groups in total. The number of rotatable bonds is 4. The van der Waals surface area contributed by atoms with Crippen LogP contribution in [-0.2, 0) is 11.3 Å². The number of piperidine rings is 1. The van der Waals surface area contributed by atoms with Gasteiger partial charge < -0.3 is 15.5 Å². The van der Waals surface area contributed by atoms with Crippen LogP contribution < -0.4 is 16.3 Å². The molecule has 0 spiro atoms. The summed E-state index contributed by atoms with van der Waals surface area (Å²) in [5, 5.41) is 5.78. The smallest absolute Gasteiger partial charge is 0.347 e. The summed E-state index contributed by atoms with van der Waals surface area (Å²) in [5.41, 5.74) is 0.310. The normalized spacial score (nSPS) is 14.7. The van der Waals surface area contributed by atoms with E-state index in [9.17, 15) is 14.4 Å². The van der Waals surface area contributed by atoms with Gasteiger partial charge in [-0.05, 0) is 31.0 Å². The highest BCUT2D eigenvalue weighted by Crippen LogP contribution is 2.13. The number of hydrogen-bond acceptors (Lipinski definition) is 4. The van der Waals surface area contributed by atoms with Gasteiger partial charge in [-0.25, -0.2) is 14.6 Å². The van der Waals surface area contributed by atoms with Crippen molar-refractivity contribution in [2.75, 3.05) is 18.4 Å². The lowest BCUT2D eigenvalue weighted by Gasteiger charge is -2.32. The monoisotopic (exact) mass is 355 g/mol. The number of likely N-dealkylation sites (tertiary alicyclic amines) is 1. The van der Waals surface area contributed by atoms with Crippen molar-refractivity contribution in [1.82, 2.24) is 19.8 Å². The zero-order chi connectivity index (χ0) is 18.4. The number of benzene rings is 1. The Balaban J connectivity index is 1.45. The lowest BCUT2D eigenvalue weighted by Crippen LogP contribution is -2.48. The second kappa shape index (κ2) is 8.28. The Hall–Kier alpha value is -3.16. The fraction of sp³-hybridized carbons (Fsp3) is 0.333. The first-order chi connectivity index (χ1) is 12.6. The summed E-state index contributed by atoms with van der Waals surface area (Å²) in [5.74, 6) is -0.229. The molecule has 1 fully saturated rings. The van der Waals surface area contributed by atoms with Crippen LogP contribution in [0.5, 0.6) is 0 Å². The number of carbonyl (C=O) groups is 2. The van der Waals surface area contributed by atoms with Crippen molar-refractivity contribution in [2.45, 2.75) is 25.4 Å². The zero-order valence-electron chi connectivity index (χ0n) is 14.3. The van der Waals surface area contributed by atoms with E-state index in [1.54, 1.807) is 11.0 Å². The minimum absolute atomic E-state index is 0.00403. The molecule has 1 aliphatic rings. The molecule has 0 bridgehead atoms. The number of para-hydroxylation sites is 1. The second-order valence-electron chi connectivity index (χ2n) is 6.16. The summed E-state index contributed by atoms with van der Waals surface area (Å²) in [4.78, 5) is 41.2. The molecule has 0 unspecified atom stereocenters. The van der Waals surface area contributed by atoms with Gasteiger partial charge in [0.05, 0.1) is 0 Å². The van der Waals surface area contributed by atoms with Gasteiger partial charge in [-0.1, -0.05) is 18.2 Å². The largest absolute Gasteiger partial charge is 0.352 e. The maximum absolute atomic E-state index is 12.3. The number of nitrogens with zero attached hydrogens (tertiary/aromatic N) is 3. The van der Waals surface area contributed by atoms with Gasteiger partial charge in [-0.3, -0.25) is 9.36 Å². The summed E-state index contributed by atoms with van der Waals surface area (Å²) in [7, 11) is 0. The number of nitrogens with one attached hydrogen (secondary N) is 2. The van der Waals surface area contributed by atoms with Gasteiger partial charge in [0.2, 0.25) is 5.91 Å². The van der Waals surface area contributed by atoms with E-state index >= 15 is 0 Å². The molecular formula is C18H21N5O3. The molecular weight excluding hydrogens is 334 g/mol. The van der Waals surface area contributed by atoms with Crippen molar-refractivity contribution in [2.24, 2.45) is 0 Å². The standard InChI is InChI=1S/C18H21N5O3/c24-16(13-23-10-4-9-19-17(23)25)20-15-7-11-22(12-8-15)18(26)21-14-5-2-1-3-6-14/h1-6,9-10,15H,7-8,11-13H2,(H,20,24)(H,21,26). The first-order valence-electron chi connectivity index (χ1n) is 8.53. The van der Waals surface area contributed by atoms with Gasteiger partial charge >= 0.3 is 11.7 Å². The van der Waals surface area contributed by atoms with E-state index in [1.807, 2.05) is 30.3 Å². The molecule has 0 radical (unpaired) electrons. The maximum Gasteiger partial charge on any atom is 0.347 e. The molecule has 1 aromatic carbocycles. The first kappa shape index (κ1) is 17.7. The predicted molar refractivity (Wildman–Crippen MR) is 96.7 cm³/mol. The summed E-state index contributed by atoms with van der Waals surface area (Å²) < 4.78 is 1.26. The number of hydrogen-bond donors (Lipinski definition) is 2. The minimum atomic E-state index is -0.449. The SMILES string of the molecule is O=C(Cn1cccnc1=O)NC1CCN(C(=O)Nc2ccccc2)CC1. The highest BCUT2D eigenvalue weighted by Gasteiger charge is 2.24. The molecule has 0 saturated carbocycles. The molecule has 1 aromatic heterocycles. The number of aromatic nitrogens is 2. The lowest BCUT2D eigenvalue weighted by molar-refractivity contribution is -0.122. The molecule has 1 saturated heterocycles. The molecule has 0 aliphatic carbocycles. The van der Waals surface area contributed by atoms with E-state index < -0.39 is 5.69 Å². The van der Waals surface area contributed by atoms with Gasteiger partial charge in [-0.15, -0.1) is 0 Å². The fourth-order valence-corrected chi connectivity index (χ4v) is 2.89. The molecule has 0 atom stereocenters. The van der Waals surface area contributed by atoms with E-state index in [2.05, 4.69) is 15.6 Å². The Kier molecular flexibility index (Phi) is 5.62. The Morgan fingerprint density at radius 2 is 1.85 bits per heavy atom. The van der Waals surface area contributed by atoms with Crippen molar-refractivity contribution in [3.05, 3.63) is 59.3 Å². The van der Waals surface area contributed by atoms with Crippen LogP contribution in [-0.4, -0.2) is 45.5 Å². The number of anilines is 1. The fourth-order valence-electron chi connectivity index (χ4n) is 2.89. The average molecular weight is 355 g/mol. The molecule has 3 rings (SSSR count). The van der Waals surface area contributed by atoms with Gasteiger partial charge in [-0.2, -0.15) is 0 Å².